The van der Waals surface area contributed by atoms with Crippen LogP contribution in [-0.2, 0) is 11.3 Å². The van der Waals surface area contributed by atoms with Crippen molar-refractivity contribution in [3.05, 3.63) is 29.0 Å². The van der Waals surface area contributed by atoms with Crippen molar-refractivity contribution in [2.24, 2.45) is 11.8 Å². The molecule has 0 saturated carbocycles. The van der Waals surface area contributed by atoms with Crippen molar-refractivity contribution in [2.45, 2.75) is 13.5 Å². The number of carbonyl (C=O) groups is 1. The van der Waals surface area contributed by atoms with Gasteiger partial charge >= 0.3 is 5.97 Å². The van der Waals surface area contributed by atoms with Crippen molar-refractivity contribution in [3.8, 4) is 0 Å². The first-order chi connectivity index (χ1) is 8.08. The lowest BCUT2D eigenvalue weighted by Gasteiger charge is -2.15. The number of carboxylic acid groups (broad SMARTS) is 1. The Kier molecular flexibility index (Phi) is 3.64. The van der Waals surface area contributed by atoms with Crippen LogP contribution in [0.1, 0.15) is 12.5 Å². The van der Waals surface area contributed by atoms with Crippen LogP contribution in [0.4, 0.5) is 0 Å². The normalized spacial score (nSPS) is 25.1. The number of hydrogen-bond acceptors (Lipinski definition) is 3. The fourth-order valence-electron chi connectivity index (χ4n) is 2.29. The van der Waals surface area contributed by atoms with Crippen LogP contribution in [0.15, 0.2) is 18.5 Å². The first-order valence-corrected chi connectivity index (χ1v) is 5.99. The van der Waals surface area contributed by atoms with E-state index in [0.717, 1.165) is 12.1 Å². The molecule has 0 bridgehead atoms. The number of rotatable bonds is 3. The van der Waals surface area contributed by atoms with E-state index in [1.54, 1.807) is 12.4 Å². The smallest absolute Gasteiger partial charge is 0.308 e. The lowest BCUT2D eigenvalue weighted by atomic mass is 9.99. The molecule has 1 aliphatic heterocycles. The third-order valence-corrected chi connectivity index (χ3v) is 3.60. The maximum absolute atomic E-state index is 11.0. The number of aromatic nitrogens is 1. The molecule has 1 N–H and O–H groups in total. The fourth-order valence-corrected chi connectivity index (χ4v) is 2.47. The zero-order valence-electron chi connectivity index (χ0n) is 9.64. The Morgan fingerprint density at radius 2 is 2.41 bits per heavy atom. The Balaban J connectivity index is 2.03. The highest BCUT2D eigenvalue weighted by molar-refractivity contribution is 6.31. The highest BCUT2D eigenvalue weighted by atomic mass is 35.5. The number of carboxylic acids is 1. The van der Waals surface area contributed by atoms with Crippen LogP contribution in [0, 0.1) is 11.8 Å². The third kappa shape index (κ3) is 2.76. The van der Waals surface area contributed by atoms with Gasteiger partial charge in [-0.25, -0.2) is 0 Å². The van der Waals surface area contributed by atoms with E-state index in [4.69, 9.17) is 16.7 Å². The van der Waals surface area contributed by atoms with Crippen molar-refractivity contribution in [1.29, 1.82) is 0 Å². The van der Waals surface area contributed by atoms with Crippen LogP contribution in [0.3, 0.4) is 0 Å². The van der Waals surface area contributed by atoms with E-state index < -0.39 is 5.97 Å². The van der Waals surface area contributed by atoms with Gasteiger partial charge in [0.25, 0.3) is 0 Å². The maximum atomic E-state index is 11.0. The van der Waals surface area contributed by atoms with E-state index in [0.29, 0.717) is 18.1 Å². The molecule has 2 heterocycles. The first-order valence-electron chi connectivity index (χ1n) is 5.61. The molecular formula is C12H15ClN2O2. The quantitative estimate of drug-likeness (QED) is 0.895. The second-order valence-corrected chi connectivity index (χ2v) is 4.99. The number of hydrogen-bond donors (Lipinski definition) is 1. The fraction of sp³-hybridized carbons (Fsp3) is 0.500. The highest BCUT2D eigenvalue weighted by Gasteiger charge is 2.34. The van der Waals surface area contributed by atoms with Crippen LogP contribution in [0.25, 0.3) is 0 Å². The van der Waals surface area contributed by atoms with Crippen molar-refractivity contribution < 1.29 is 9.90 Å². The maximum Gasteiger partial charge on any atom is 0.308 e. The zero-order chi connectivity index (χ0) is 12.4. The Morgan fingerprint density at radius 1 is 1.65 bits per heavy atom. The van der Waals surface area contributed by atoms with Crippen molar-refractivity contribution in [1.82, 2.24) is 9.88 Å². The second kappa shape index (κ2) is 5.02. The molecule has 1 aromatic rings. The molecule has 1 saturated heterocycles. The van der Waals surface area contributed by atoms with Crippen molar-refractivity contribution >= 4 is 17.6 Å². The molecule has 0 radical (unpaired) electrons. The van der Waals surface area contributed by atoms with Gasteiger partial charge < -0.3 is 5.11 Å². The van der Waals surface area contributed by atoms with Gasteiger partial charge in [0.1, 0.15) is 0 Å². The molecule has 0 aliphatic carbocycles. The average molecular weight is 255 g/mol. The molecule has 1 fully saturated rings. The summed E-state index contributed by atoms with van der Waals surface area (Å²) in [6, 6.07) is 1.88. The van der Waals surface area contributed by atoms with E-state index in [-0.39, 0.29) is 11.8 Å². The SMILES string of the molecule is C[C@@H]1CN(Cc2ccncc2Cl)C[C@H]1C(=O)O. The lowest BCUT2D eigenvalue weighted by molar-refractivity contribution is -0.142. The summed E-state index contributed by atoms with van der Waals surface area (Å²) in [4.78, 5) is 17.1. The number of likely N-dealkylation sites (tertiary alicyclic amines) is 1. The molecule has 0 aromatic carbocycles. The molecule has 17 heavy (non-hydrogen) atoms. The van der Waals surface area contributed by atoms with E-state index in [2.05, 4.69) is 9.88 Å². The molecule has 0 spiro atoms. The average Bonchev–Trinajstić information content (AvgIpc) is 2.63. The predicted molar refractivity (Wildman–Crippen MR) is 64.8 cm³/mol. The highest BCUT2D eigenvalue weighted by Crippen LogP contribution is 2.26. The minimum Gasteiger partial charge on any atom is -0.481 e. The van der Waals surface area contributed by atoms with Crippen LogP contribution >= 0.6 is 11.6 Å². The molecule has 5 heteroatoms. The third-order valence-electron chi connectivity index (χ3n) is 3.26. The number of nitrogens with zero attached hydrogens (tertiary/aromatic N) is 2. The molecule has 2 atom stereocenters. The Morgan fingerprint density at radius 3 is 3.00 bits per heavy atom. The standard InChI is InChI=1S/C12H15ClN2O2/c1-8-5-15(7-10(8)12(16)17)6-9-2-3-14-4-11(9)13/h2-4,8,10H,5-7H2,1H3,(H,16,17)/t8-,10-/m1/s1. The monoisotopic (exact) mass is 254 g/mol. The van der Waals surface area contributed by atoms with E-state index in [1.807, 2.05) is 13.0 Å². The van der Waals surface area contributed by atoms with E-state index in [9.17, 15) is 4.79 Å². The Labute approximate surface area is 105 Å². The topological polar surface area (TPSA) is 53.4 Å². The number of halogens is 1. The molecule has 0 unspecified atom stereocenters. The van der Waals surface area contributed by atoms with Crippen molar-refractivity contribution in [3.63, 3.8) is 0 Å². The summed E-state index contributed by atoms with van der Waals surface area (Å²) in [5.74, 6) is -0.787. The minimum absolute atomic E-state index is 0.188. The molecule has 1 aliphatic rings. The van der Waals surface area contributed by atoms with Crippen LogP contribution in [0.5, 0.6) is 0 Å². The van der Waals surface area contributed by atoms with Crippen LogP contribution in [-0.4, -0.2) is 34.0 Å². The molecule has 92 valence electrons. The molecule has 4 nitrogen and oxygen atoms in total. The predicted octanol–water partition coefficient (Wildman–Crippen LogP) is 1.89. The van der Waals surface area contributed by atoms with Gasteiger partial charge in [0.15, 0.2) is 0 Å². The molecule has 0 amide bonds. The second-order valence-electron chi connectivity index (χ2n) is 4.58. The summed E-state index contributed by atoms with van der Waals surface area (Å²) < 4.78 is 0. The number of pyridine rings is 1. The molecular weight excluding hydrogens is 240 g/mol. The lowest BCUT2D eigenvalue weighted by Crippen LogP contribution is -2.23. The Bertz CT molecular complexity index is 425. The number of aliphatic carboxylic acids is 1. The van der Waals surface area contributed by atoms with E-state index >= 15 is 0 Å². The zero-order valence-corrected chi connectivity index (χ0v) is 10.4. The van der Waals surface area contributed by atoms with Gasteiger partial charge in [-0.15, -0.1) is 0 Å². The summed E-state index contributed by atoms with van der Waals surface area (Å²) in [6.45, 7) is 4.06. The summed E-state index contributed by atoms with van der Waals surface area (Å²) in [7, 11) is 0. The summed E-state index contributed by atoms with van der Waals surface area (Å²) in [5, 5.41) is 9.70. The van der Waals surface area contributed by atoms with Gasteiger partial charge in [0.05, 0.1) is 10.9 Å². The minimum atomic E-state index is -0.708. The largest absolute Gasteiger partial charge is 0.481 e. The van der Waals surface area contributed by atoms with Gasteiger partial charge in [-0.3, -0.25) is 14.7 Å². The summed E-state index contributed by atoms with van der Waals surface area (Å²) >= 11 is 6.03. The van der Waals surface area contributed by atoms with Gasteiger partial charge in [-0.1, -0.05) is 18.5 Å². The van der Waals surface area contributed by atoms with Gasteiger partial charge in [-0.2, -0.15) is 0 Å². The first kappa shape index (κ1) is 12.3. The summed E-state index contributed by atoms with van der Waals surface area (Å²) in [6.07, 6.45) is 3.32. The molecule has 1 aromatic heterocycles. The van der Waals surface area contributed by atoms with Gasteiger partial charge in [0.2, 0.25) is 0 Å². The summed E-state index contributed by atoms with van der Waals surface area (Å²) in [5.41, 5.74) is 1.000. The van der Waals surface area contributed by atoms with Gasteiger partial charge in [-0.05, 0) is 17.5 Å². The van der Waals surface area contributed by atoms with Crippen molar-refractivity contribution in [2.75, 3.05) is 13.1 Å². The van der Waals surface area contributed by atoms with E-state index in [1.165, 1.54) is 0 Å². The van der Waals surface area contributed by atoms with Crippen LogP contribution in [0.2, 0.25) is 5.02 Å². The molecule has 2 rings (SSSR count). The Hall–Kier alpha value is -1.13. The van der Waals surface area contributed by atoms with Crippen LogP contribution < -0.4 is 0 Å². The van der Waals surface area contributed by atoms with Gasteiger partial charge in [0, 0.05) is 32.0 Å².